The van der Waals surface area contributed by atoms with Gasteiger partial charge >= 0.3 is 0 Å². The van der Waals surface area contributed by atoms with Crippen molar-refractivity contribution in [2.75, 3.05) is 12.4 Å². The molecule has 1 rings (SSSR count). The lowest BCUT2D eigenvalue weighted by Crippen LogP contribution is -2.33. The Balaban J connectivity index is 2.20. The molecule has 1 unspecified atom stereocenters. The van der Waals surface area contributed by atoms with Gasteiger partial charge in [0.1, 0.15) is 5.50 Å². The number of hydrogen-bond donors (Lipinski definition) is 1. The van der Waals surface area contributed by atoms with Crippen LogP contribution in [0.1, 0.15) is 6.42 Å². The fraction of sp³-hybridized carbons (Fsp3) is 0.667. The van der Waals surface area contributed by atoms with Gasteiger partial charge in [0, 0.05) is 18.6 Å². The maximum absolute atomic E-state index is 5.70. The number of nitrogens with two attached hydrogens (primary N) is 1. The molecule has 0 fully saturated rings. The first kappa shape index (κ1) is 8.24. The maximum Gasteiger partial charge on any atom is 0.129 e. The van der Waals surface area contributed by atoms with Crippen molar-refractivity contribution in [1.82, 2.24) is 4.90 Å². The molecule has 2 nitrogen and oxygen atoms in total. The SMILES string of the molecule is NC1SC=CN1CCCCl. The molecular formula is C6H11ClN2S. The molecule has 0 aromatic carbocycles. The van der Waals surface area contributed by atoms with Crippen molar-refractivity contribution in [2.24, 2.45) is 5.73 Å². The summed E-state index contributed by atoms with van der Waals surface area (Å²) in [6, 6.07) is 0. The third kappa shape index (κ3) is 2.08. The summed E-state index contributed by atoms with van der Waals surface area (Å²) in [5.41, 5.74) is 5.82. The van der Waals surface area contributed by atoms with E-state index in [4.69, 9.17) is 17.3 Å². The molecule has 1 aliphatic rings. The number of alkyl halides is 1. The lowest BCUT2D eigenvalue weighted by Gasteiger charge is -2.19. The van der Waals surface area contributed by atoms with E-state index in [1.807, 2.05) is 11.6 Å². The van der Waals surface area contributed by atoms with Gasteiger partial charge < -0.3 is 10.6 Å². The van der Waals surface area contributed by atoms with Crippen molar-refractivity contribution in [3.63, 3.8) is 0 Å². The Morgan fingerprint density at radius 3 is 3.00 bits per heavy atom. The number of halogens is 1. The minimum absolute atomic E-state index is 0.114. The number of rotatable bonds is 3. The van der Waals surface area contributed by atoms with Gasteiger partial charge in [-0.2, -0.15) is 0 Å². The zero-order chi connectivity index (χ0) is 7.40. The largest absolute Gasteiger partial charge is 0.353 e. The van der Waals surface area contributed by atoms with E-state index < -0.39 is 0 Å². The molecule has 1 atom stereocenters. The molecule has 0 radical (unpaired) electrons. The van der Waals surface area contributed by atoms with Crippen LogP contribution in [-0.4, -0.2) is 22.8 Å². The third-order valence-electron chi connectivity index (χ3n) is 1.35. The van der Waals surface area contributed by atoms with Gasteiger partial charge in [0.25, 0.3) is 0 Å². The van der Waals surface area contributed by atoms with E-state index in [0.29, 0.717) is 5.88 Å². The van der Waals surface area contributed by atoms with Crippen LogP contribution < -0.4 is 5.73 Å². The first-order chi connectivity index (χ1) is 4.84. The number of nitrogens with zero attached hydrogens (tertiary/aromatic N) is 1. The molecule has 0 amide bonds. The molecular weight excluding hydrogens is 168 g/mol. The number of thioether (sulfide) groups is 1. The van der Waals surface area contributed by atoms with Gasteiger partial charge in [-0.25, -0.2) is 0 Å². The summed E-state index contributed by atoms with van der Waals surface area (Å²) in [7, 11) is 0. The van der Waals surface area contributed by atoms with Gasteiger partial charge in [-0.1, -0.05) is 11.8 Å². The predicted molar refractivity (Wildman–Crippen MR) is 46.7 cm³/mol. The van der Waals surface area contributed by atoms with Crippen LogP contribution in [0.4, 0.5) is 0 Å². The maximum atomic E-state index is 5.70. The quantitative estimate of drug-likeness (QED) is 0.663. The highest BCUT2D eigenvalue weighted by Gasteiger charge is 2.13. The highest BCUT2D eigenvalue weighted by Crippen LogP contribution is 2.20. The van der Waals surface area contributed by atoms with Gasteiger partial charge in [0.2, 0.25) is 0 Å². The molecule has 0 spiro atoms. The molecule has 10 heavy (non-hydrogen) atoms. The Morgan fingerprint density at radius 1 is 1.70 bits per heavy atom. The van der Waals surface area contributed by atoms with Crippen LogP contribution in [0.15, 0.2) is 11.6 Å². The highest BCUT2D eigenvalue weighted by molar-refractivity contribution is 8.02. The van der Waals surface area contributed by atoms with Gasteiger partial charge in [-0.15, -0.1) is 11.6 Å². The van der Waals surface area contributed by atoms with Crippen molar-refractivity contribution in [3.05, 3.63) is 11.6 Å². The molecule has 0 saturated heterocycles. The summed E-state index contributed by atoms with van der Waals surface area (Å²) in [6.45, 7) is 0.966. The topological polar surface area (TPSA) is 29.3 Å². The Labute approximate surface area is 70.4 Å². The molecule has 0 aromatic heterocycles. The molecule has 1 heterocycles. The molecule has 2 N–H and O–H groups in total. The van der Waals surface area contributed by atoms with Crippen molar-refractivity contribution >= 4 is 23.4 Å². The van der Waals surface area contributed by atoms with Gasteiger partial charge in [0.05, 0.1) is 0 Å². The minimum Gasteiger partial charge on any atom is -0.353 e. The number of hydrogen-bond acceptors (Lipinski definition) is 3. The minimum atomic E-state index is 0.114. The summed E-state index contributed by atoms with van der Waals surface area (Å²) < 4.78 is 0. The lowest BCUT2D eigenvalue weighted by molar-refractivity contribution is 0.368. The first-order valence-electron chi connectivity index (χ1n) is 3.24. The Hall–Kier alpha value is 0.140. The first-order valence-corrected chi connectivity index (χ1v) is 4.72. The predicted octanol–water partition coefficient (Wildman–Crippen LogP) is 1.38. The fourth-order valence-corrected chi connectivity index (χ4v) is 1.64. The second kappa shape index (κ2) is 4.11. The van der Waals surface area contributed by atoms with Gasteiger partial charge in [0.15, 0.2) is 0 Å². The third-order valence-corrected chi connectivity index (χ3v) is 2.44. The van der Waals surface area contributed by atoms with Crippen LogP contribution in [0.2, 0.25) is 0 Å². The molecule has 0 aliphatic carbocycles. The highest BCUT2D eigenvalue weighted by atomic mass is 35.5. The Bertz CT molecular complexity index is 129. The van der Waals surface area contributed by atoms with E-state index in [2.05, 4.69) is 4.90 Å². The van der Waals surface area contributed by atoms with Crippen molar-refractivity contribution in [3.8, 4) is 0 Å². The Morgan fingerprint density at radius 2 is 2.50 bits per heavy atom. The molecule has 58 valence electrons. The second-order valence-corrected chi connectivity index (χ2v) is 3.50. The van der Waals surface area contributed by atoms with Crippen molar-refractivity contribution < 1.29 is 0 Å². The standard InChI is InChI=1S/C6H11ClN2S/c7-2-1-3-9-4-5-10-6(9)8/h4-6H,1-3,8H2. The molecule has 1 aliphatic heterocycles. The lowest BCUT2D eigenvalue weighted by atomic mass is 10.4. The van der Waals surface area contributed by atoms with Crippen LogP contribution in [-0.2, 0) is 0 Å². The Kier molecular flexibility index (Phi) is 3.39. The zero-order valence-corrected chi connectivity index (χ0v) is 7.24. The zero-order valence-electron chi connectivity index (χ0n) is 5.66. The van der Waals surface area contributed by atoms with Crippen LogP contribution >= 0.6 is 23.4 Å². The smallest absolute Gasteiger partial charge is 0.129 e. The van der Waals surface area contributed by atoms with Crippen LogP contribution in [0.3, 0.4) is 0 Å². The normalized spacial score (nSPS) is 24.2. The molecule has 0 saturated carbocycles. The summed E-state index contributed by atoms with van der Waals surface area (Å²) >= 11 is 7.17. The van der Waals surface area contributed by atoms with Crippen molar-refractivity contribution in [2.45, 2.75) is 11.9 Å². The summed E-state index contributed by atoms with van der Waals surface area (Å²) in [5, 5.41) is 2.01. The van der Waals surface area contributed by atoms with E-state index in [9.17, 15) is 0 Å². The van der Waals surface area contributed by atoms with E-state index in [0.717, 1.165) is 13.0 Å². The average Bonchev–Trinajstić information content (AvgIpc) is 2.31. The average molecular weight is 179 g/mol. The van der Waals surface area contributed by atoms with E-state index in [1.165, 1.54) is 0 Å². The summed E-state index contributed by atoms with van der Waals surface area (Å²) in [4.78, 5) is 2.09. The van der Waals surface area contributed by atoms with Crippen LogP contribution in [0, 0.1) is 0 Å². The molecule has 4 heteroatoms. The monoisotopic (exact) mass is 178 g/mol. The van der Waals surface area contributed by atoms with Crippen LogP contribution in [0.5, 0.6) is 0 Å². The summed E-state index contributed by atoms with van der Waals surface area (Å²) in [5.74, 6) is 0.710. The van der Waals surface area contributed by atoms with Gasteiger partial charge in [-0.05, 0) is 11.8 Å². The van der Waals surface area contributed by atoms with E-state index in [1.54, 1.807) is 11.8 Å². The van der Waals surface area contributed by atoms with E-state index >= 15 is 0 Å². The second-order valence-electron chi connectivity index (χ2n) is 2.09. The molecule has 0 aromatic rings. The van der Waals surface area contributed by atoms with Crippen LogP contribution in [0.25, 0.3) is 0 Å². The van der Waals surface area contributed by atoms with Crippen molar-refractivity contribution in [1.29, 1.82) is 0 Å². The fourth-order valence-electron chi connectivity index (χ4n) is 0.801. The summed E-state index contributed by atoms with van der Waals surface area (Å²) in [6.07, 6.45) is 3.02. The van der Waals surface area contributed by atoms with Gasteiger partial charge in [-0.3, -0.25) is 0 Å². The molecule has 0 bridgehead atoms. The van der Waals surface area contributed by atoms with E-state index in [-0.39, 0.29) is 5.50 Å².